The van der Waals surface area contributed by atoms with Crippen LogP contribution < -0.4 is 5.32 Å². The van der Waals surface area contributed by atoms with E-state index in [0.717, 1.165) is 12.0 Å². The molecule has 1 aliphatic carbocycles. The van der Waals surface area contributed by atoms with Crippen molar-refractivity contribution >= 4 is 11.4 Å². The van der Waals surface area contributed by atoms with E-state index in [2.05, 4.69) is 5.32 Å². The summed E-state index contributed by atoms with van der Waals surface area (Å²) in [4.78, 5) is 11.2. The number of nitro benzene ring substituents is 1. The van der Waals surface area contributed by atoms with Crippen molar-refractivity contribution < 1.29 is 15.1 Å². The summed E-state index contributed by atoms with van der Waals surface area (Å²) in [6.07, 6.45) is 5.62. The number of rotatable bonds is 6. The molecule has 0 saturated heterocycles. The lowest BCUT2D eigenvalue weighted by molar-refractivity contribution is -0.383. The largest absolute Gasteiger partial charge is 0.494 e. The van der Waals surface area contributed by atoms with Gasteiger partial charge in [0.1, 0.15) is 5.69 Å². The van der Waals surface area contributed by atoms with Gasteiger partial charge in [-0.2, -0.15) is 0 Å². The molecule has 0 radical (unpaired) electrons. The van der Waals surface area contributed by atoms with E-state index in [1.54, 1.807) is 12.1 Å². The second-order valence-electron chi connectivity index (χ2n) is 6.94. The molecule has 7 nitrogen and oxygen atoms in total. The number of aromatic nitrogens is 1. The monoisotopic (exact) mass is 391 g/mol. The van der Waals surface area contributed by atoms with Crippen LogP contribution in [0.1, 0.15) is 16.7 Å². The van der Waals surface area contributed by atoms with Crippen molar-refractivity contribution in [3.05, 3.63) is 87.5 Å². The summed E-state index contributed by atoms with van der Waals surface area (Å²) in [5.74, 6) is -0.165. The van der Waals surface area contributed by atoms with Crippen LogP contribution in [0.2, 0.25) is 0 Å². The Bertz CT molecular complexity index is 1060. The van der Waals surface area contributed by atoms with Crippen molar-refractivity contribution in [3.8, 4) is 17.4 Å². The zero-order valence-electron chi connectivity index (χ0n) is 15.7. The second kappa shape index (κ2) is 7.71. The number of anilines is 1. The summed E-state index contributed by atoms with van der Waals surface area (Å²) in [5.41, 5.74) is 3.07. The van der Waals surface area contributed by atoms with Crippen LogP contribution in [0.3, 0.4) is 0 Å². The number of benzene rings is 2. The van der Waals surface area contributed by atoms with Crippen LogP contribution in [0.4, 0.5) is 11.4 Å². The first-order chi connectivity index (χ1) is 14.1. The van der Waals surface area contributed by atoms with Crippen LogP contribution in [0, 0.1) is 10.1 Å². The van der Waals surface area contributed by atoms with Crippen LogP contribution in [0.25, 0.3) is 5.69 Å². The van der Waals surface area contributed by atoms with Gasteiger partial charge >= 0.3 is 0 Å². The standard InChI is InChI=1S/C22H21N3O4/c26-21-17-8-4-5-9-18(17)22(27)24(21)16-10-11-19(20(14-16)25(28)29)23-13-12-15-6-2-1-3-7-15/h1-7,10-11,14,23,26-27H,8-9,12-13H2. The van der Waals surface area contributed by atoms with Crippen molar-refractivity contribution in [3.63, 3.8) is 0 Å². The highest BCUT2D eigenvalue weighted by atomic mass is 16.6. The van der Waals surface area contributed by atoms with Crippen LogP contribution in [-0.2, 0) is 19.3 Å². The molecule has 29 heavy (non-hydrogen) atoms. The second-order valence-corrected chi connectivity index (χ2v) is 6.94. The smallest absolute Gasteiger partial charge is 0.294 e. The summed E-state index contributed by atoms with van der Waals surface area (Å²) >= 11 is 0. The zero-order chi connectivity index (χ0) is 20.4. The number of hydrogen-bond acceptors (Lipinski definition) is 5. The maximum absolute atomic E-state index is 11.6. The summed E-state index contributed by atoms with van der Waals surface area (Å²) in [7, 11) is 0. The van der Waals surface area contributed by atoms with Crippen molar-refractivity contribution in [2.24, 2.45) is 0 Å². The van der Waals surface area contributed by atoms with E-state index in [1.165, 1.54) is 10.6 Å². The van der Waals surface area contributed by atoms with Gasteiger partial charge in [-0.3, -0.25) is 14.7 Å². The molecule has 148 valence electrons. The van der Waals surface area contributed by atoms with Gasteiger partial charge in [-0.05, 0) is 37.0 Å². The molecule has 1 heterocycles. The van der Waals surface area contributed by atoms with E-state index in [0.29, 0.717) is 41.9 Å². The van der Waals surface area contributed by atoms with Gasteiger partial charge in [-0.25, -0.2) is 0 Å². The number of aromatic hydroxyl groups is 2. The third-order valence-electron chi connectivity index (χ3n) is 5.15. The Balaban J connectivity index is 1.62. The Morgan fingerprint density at radius 1 is 1.00 bits per heavy atom. The molecule has 0 unspecified atom stereocenters. The third-order valence-corrected chi connectivity index (χ3v) is 5.15. The predicted octanol–water partition coefficient (Wildman–Crippen LogP) is 4.11. The first-order valence-electron chi connectivity index (χ1n) is 9.42. The maximum atomic E-state index is 11.6. The van der Waals surface area contributed by atoms with Gasteiger partial charge in [0.05, 0.1) is 10.6 Å². The minimum Gasteiger partial charge on any atom is -0.494 e. The minimum atomic E-state index is -0.465. The summed E-state index contributed by atoms with van der Waals surface area (Å²) < 4.78 is 1.26. The Hall–Kier alpha value is -3.74. The van der Waals surface area contributed by atoms with E-state index in [4.69, 9.17) is 0 Å². The topological polar surface area (TPSA) is 101 Å². The molecule has 4 rings (SSSR count). The van der Waals surface area contributed by atoms with Crippen molar-refractivity contribution in [1.29, 1.82) is 0 Å². The summed E-state index contributed by atoms with van der Waals surface area (Å²) in [6, 6.07) is 14.5. The molecule has 2 aromatic carbocycles. The van der Waals surface area contributed by atoms with Gasteiger partial charge in [-0.1, -0.05) is 42.5 Å². The summed E-state index contributed by atoms with van der Waals surface area (Å²) in [5, 5.41) is 35.9. The molecule has 0 bridgehead atoms. The Morgan fingerprint density at radius 2 is 1.66 bits per heavy atom. The summed E-state index contributed by atoms with van der Waals surface area (Å²) in [6.45, 7) is 0.546. The average molecular weight is 391 g/mol. The van der Waals surface area contributed by atoms with Gasteiger partial charge < -0.3 is 15.5 Å². The van der Waals surface area contributed by atoms with Crippen LogP contribution in [0.5, 0.6) is 11.8 Å². The molecule has 0 atom stereocenters. The molecule has 1 aromatic heterocycles. The fourth-order valence-corrected chi connectivity index (χ4v) is 3.66. The SMILES string of the molecule is O=[N+]([O-])c1cc(-n2c(O)c3c(c2O)CC=CC3)ccc1NCCc1ccccc1. The van der Waals surface area contributed by atoms with Gasteiger partial charge in [0, 0.05) is 23.7 Å². The number of allylic oxidation sites excluding steroid dienone is 2. The highest BCUT2D eigenvalue weighted by molar-refractivity contribution is 5.67. The number of nitro groups is 1. The maximum Gasteiger partial charge on any atom is 0.294 e. The van der Waals surface area contributed by atoms with Gasteiger partial charge in [0.25, 0.3) is 5.69 Å². The highest BCUT2D eigenvalue weighted by Crippen LogP contribution is 2.40. The van der Waals surface area contributed by atoms with E-state index in [-0.39, 0.29) is 17.4 Å². The fraction of sp³-hybridized carbons (Fsp3) is 0.182. The van der Waals surface area contributed by atoms with Crippen molar-refractivity contribution in [2.75, 3.05) is 11.9 Å². The Morgan fingerprint density at radius 3 is 2.28 bits per heavy atom. The van der Waals surface area contributed by atoms with E-state index >= 15 is 0 Å². The molecule has 0 aliphatic heterocycles. The average Bonchev–Trinajstić information content (AvgIpc) is 2.99. The molecular weight excluding hydrogens is 370 g/mol. The van der Waals surface area contributed by atoms with Crippen LogP contribution in [-0.4, -0.2) is 26.2 Å². The van der Waals surface area contributed by atoms with Gasteiger partial charge in [0.15, 0.2) is 0 Å². The van der Waals surface area contributed by atoms with Gasteiger partial charge in [-0.15, -0.1) is 0 Å². The predicted molar refractivity (Wildman–Crippen MR) is 111 cm³/mol. The van der Waals surface area contributed by atoms with Crippen molar-refractivity contribution in [2.45, 2.75) is 19.3 Å². The molecule has 3 N–H and O–H groups in total. The lowest BCUT2D eigenvalue weighted by Crippen LogP contribution is -2.07. The van der Waals surface area contributed by atoms with Gasteiger partial charge in [0.2, 0.25) is 11.8 Å². The highest BCUT2D eigenvalue weighted by Gasteiger charge is 2.25. The van der Waals surface area contributed by atoms with Crippen LogP contribution >= 0.6 is 0 Å². The molecule has 0 fully saturated rings. The molecule has 0 spiro atoms. The lowest BCUT2D eigenvalue weighted by Gasteiger charge is -2.11. The lowest BCUT2D eigenvalue weighted by atomic mass is 10.0. The number of nitrogens with zero attached hydrogens (tertiary/aromatic N) is 2. The van der Waals surface area contributed by atoms with Crippen molar-refractivity contribution in [1.82, 2.24) is 4.57 Å². The Kier molecular flexibility index (Phi) is 4.95. The quantitative estimate of drug-likeness (QED) is 0.334. The molecule has 3 aromatic rings. The number of nitrogens with one attached hydrogen (secondary N) is 1. The molecule has 7 heteroatoms. The normalized spacial score (nSPS) is 12.6. The molecule has 1 aliphatic rings. The number of fused-ring (bicyclic) bond motifs is 1. The minimum absolute atomic E-state index is 0.0825. The molecule has 0 saturated carbocycles. The zero-order valence-corrected chi connectivity index (χ0v) is 15.7. The first-order valence-corrected chi connectivity index (χ1v) is 9.42. The third kappa shape index (κ3) is 3.54. The first kappa shape index (κ1) is 18.6. The fourth-order valence-electron chi connectivity index (χ4n) is 3.66. The molecule has 0 amide bonds. The Labute approximate surface area is 167 Å². The molecular formula is C22H21N3O4. The number of hydrogen-bond donors (Lipinski definition) is 3. The van der Waals surface area contributed by atoms with E-state index < -0.39 is 4.92 Å². The van der Waals surface area contributed by atoms with E-state index in [9.17, 15) is 20.3 Å². The van der Waals surface area contributed by atoms with E-state index in [1.807, 2.05) is 42.5 Å². The van der Waals surface area contributed by atoms with Crippen LogP contribution in [0.15, 0.2) is 60.7 Å².